The lowest BCUT2D eigenvalue weighted by Crippen LogP contribution is -2.39. The number of nitrogens with zero attached hydrogens (tertiary/aromatic N) is 3. The van der Waals surface area contributed by atoms with Crippen molar-refractivity contribution in [2.75, 3.05) is 32.2 Å². The van der Waals surface area contributed by atoms with Crippen LogP contribution < -0.4 is 9.64 Å². The Morgan fingerprint density at radius 3 is 2.70 bits per heavy atom. The van der Waals surface area contributed by atoms with E-state index in [2.05, 4.69) is 14.9 Å². The number of fused-ring (bicyclic) bond motifs is 1. The van der Waals surface area contributed by atoms with E-state index < -0.39 is 0 Å². The van der Waals surface area contributed by atoms with Gasteiger partial charge < -0.3 is 14.4 Å². The molecule has 0 aliphatic carbocycles. The second-order valence-electron chi connectivity index (χ2n) is 7.20. The van der Waals surface area contributed by atoms with Crippen LogP contribution in [0, 0.1) is 5.92 Å². The number of carbonyl (C=O) groups excluding carboxylic acids is 1. The molecule has 1 atom stereocenters. The molecule has 8 heteroatoms. The smallest absolute Gasteiger partial charge is 0.310 e. The summed E-state index contributed by atoms with van der Waals surface area (Å²) in [6.07, 6.45) is 3.22. The molecule has 6 nitrogen and oxygen atoms in total. The molecule has 1 saturated heterocycles. The first-order chi connectivity index (χ1) is 14.5. The first-order valence-electron chi connectivity index (χ1n) is 9.62. The highest BCUT2D eigenvalue weighted by Gasteiger charge is 2.29. The summed E-state index contributed by atoms with van der Waals surface area (Å²) in [5.74, 6) is 1.08. The Kier molecular flexibility index (Phi) is 5.97. The topological polar surface area (TPSA) is 64.5 Å². The molecule has 1 aliphatic rings. The number of ether oxygens (including phenoxy) is 2. The lowest BCUT2D eigenvalue weighted by molar-refractivity contribution is -0.145. The largest absolute Gasteiger partial charge is 0.497 e. The van der Waals surface area contributed by atoms with Gasteiger partial charge in [-0.15, -0.1) is 0 Å². The minimum Gasteiger partial charge on any atom is -0.497 e. The number of carbonyl (C=O) groups is 1. The second-order valence-corrected chi connectivity index (χ2v) is 8.02. The summed E-state index contributed by atoms with van der Waals surface area (Å²) < 4.78 is 10.5. The molecule has 0 saturated carbocycles. The molecule has 1 fully saturated rings. The Bertz CT molecular complexity index is 1110. The van der Waals surface area contributed by atoms with E-state index in [1.807, 2.05) is 24.3 Å². The monoisotopic (exact) mass is 445 g/mol. The summed E-state index contributed by atoms with van der Waals surface area (Å²) in [4.78, 5) is 23.3. The van der Waals surface area contributed by atoms with E-state index in [1.54, 1.807) is 13.2 Å². The summed E-state index contributed by atoms with van der Waals surface area (Å²) in [7, 11) is 3.05. The number of halogens is 2. The van der Waals surface area contributed by atoms with Crippen LogP contribution in [0.15, 0.2) is 36.7 Å². The Morgan fingerprint density at radius 2 is 1.97 bits per heavy atom. The van der Waals surface area contributed by atoms with Crippen molar-refractivity contribution in [3.8, 4) is 16.9 Å². The van der Waals surface area contributed by atoms with Crippen LogP contribution in [0.1, 0.15) is 12.8 Å². The molecule has 30 heavy (non-hydrogen) atoms. The predicted molar refractivity (Wildman–Crippen MR) is 118 cm³/mol. The minimum atomic E-state index is -0.190. The third-order valence-electron chi connectivity index (χ3n) is 5.41. The van der Waals surface area contributed by atoms with E-state index in [0.29, 0.717) is 22.3 Å². The zero-order valence-corrected chi connectivity index (χ0v) is 18.2. The van der Waals surface area contributed by atoms with Gasteiger partial charge in [-0.1, -0.05) is 29.3 Å². The number of piperidine rings is 1. The predicted octanol–water partition coefficient (Wildman–Crippen LogP) is 5.00. The number of esters is 1. The van der Waals surface area contributed by atoms with Gasteiger partial charge in [0.05, 0.1) is 41.1 Å². The average molecular weight is 446 g/mol. The van der Waals surface area contributed by atoms with Crippen LogP contribution >= 0.6 is 23.2 Å². The number of benzene rings is 2. The van der Waals surface area contributed by atoms with E-state index in [0.717, 1.165) is 47.2 Å². The summed E-state index contributed by atoms with van der Waals surface area (Å²) in [6.45, 7) is 1.35. The summed E-state index contributed by atoms with van der Waals surface area (Å²) in [5, 5.41) is 1.83. The molecule has 156 valence electrons. The lowest BCUT2D eigenvalue weighted by atomic mass is 9.96. The molecular formula is C22H21Cl2N3O3. The van der Waals surface area contributed by atoms with Gasteiger partial charge in [-0.2, -0.15) is 0 Å². The molecule has 0 amide bonds. The molecule has 0 radical (unpaired) electrons. The van der Waals surface area contributed by atoms with Crippen LogP contribution in [-0.4, -0.2) is 43.2 Å². The highest BCUT2D eigenvalue weighted by molar-refractivity contribution is 6.42. The first-order valence-corrected chi connectivity index (χ1v) is 10.4. The maximum atomic E-state index is 12.1. The van der Waals surface area contributed by atoms with E-state index in [1.165, 1.54) is 13.4 Å². The highest BCUT2D eigenvalue weighted by Crippen LogP contribution is 2.39. The fourth-order valence-corrected chi connectivity index (χ4v) is 4.22. The van der Waals surface area contributed by atoms with Gasteiger partial charge in [0.25, 0.3) is 0 Å². The van der Waals surface area contributed by atoms with Crippen molar-refractivity contribution >= 4 is 45.9 Å². The van der Waals surface area contributed by atoms with Crippen LogP contribution in [0.5, 0.6) is 5.75 Å². The van der Waals surface area contributed by atoms with Crippen molar-refractivity contribution in [3.05, 3.63) is 46.7 Å². The van der Waals surface area contributed by atoms with E-state index in [-0.39, 0.29) is 11.9 Å². The van der Waals surface area contributed by atoms with E-state index >= 15 is 0 Å². The van der Waals surface area contributed by atoms with Crippen molar-refractivity contribution in [2.24, 2.45) is 5.92 Å². The Hall–Kier alpha value is -2.57. The molecule has 4 rings (SSSR count). The van der Waals surface area contributed by atoms with Crippen molar-refractivity contribution in [3.63, 3.8) is 0 Å². The van der Waals surface area contributed by atoms with Crippen molar-refractivity contribution < 1.29 is 14.3 Å². The number of methoxy groups -OCH3 is 2. The molecule has 1 aliphatic heterocycles. The number of aromatic nitrogens is 2. The van der Waals surface area contributed by atoms with E-state index in [9.17, 15) is 4.79 Å². The number of hydrogen-bond acceptors (Lipinski definition) is 6. The Labute approximate surface area is 184 Å². The molecule has 2 heterocycles. The normalized spacial score (nSPS) is 16.5. The Morgan fingerprint density at radius 1 is 1.13 bits per heavy atom. The SMILES string of the molecule is COC(=O)C1CCCN(c2ncnc3cc(OC)cc(-c4ccc(Cl)c(Cl)c4)c23)C1. The molecule has 3 aromatic rings. The molecule has 0 spiro atoms. The Balaban J connectivity index is 1.89. The van der Waals surface area contributed by atoms with Gasteiger partial charge in [0, 0.05) is 19.2 Å². The maximum Gasteiger partial charge on any atom is 0.310 e. The number of hydrogen-bond donors (Lipinski definition) is 0. The van der Waals surface area contributed by atoms with Crippen molar-refractivity contribution in [1.29, 1.82) is 0 Å². The van der Waals surface area contributed by atoms with Gasteiger partial charge >= 0.3 is 5.97 Å². The summed E-state index contributed by atoms with van der Waals surface area (Å²) in [6, 6.07) is 9.32. The summed E-state index contributed by atoms with van der Waals surface area (Å²) in [5.41, 5.74) is 2.52. The molecule has 2 aromatic carbocycles. The molecule has 0 bridgehead atoms. The zero-order valence-electron chi connectivity index (χ0n) is 16.7. The van der Waals surface area contributed by atoms with E-state index in [4.69, 9.17) is 32.7 Å². The van der Waals surface area contributed by atoms with Crippen molar-refractivity contribution in [1.82, 2.24) is 9.97 Å². The van der Waals surface area contributed by atoms with Gasteiger partial charge in [-0.05, 0) is 42.2 Å². The number of anilines is 1. The van der Waals surface area contributed by atoms with Crippen molar-refractivity contribution in [2.45, 2.75) is 12.8 Å². The quantitative estimate of drug-likeness (QED) is 0.526. The lowest BCUT2D eigenvalue weighted by Gasteiger charge is -2.33. The van der Waals surface area contributed by atoms with Gasteiger partial charge in [0.2, 0.25) is 0 Å². The van der Waals surface area contributed by atoms with Gasteiger partial charge in [-0.25, -0.2) is 9.97 Å². The van der Waals surface area contributed by atoms with Gasteiger partial charge in [0.1, 0.15) is 17.9 Å². The van der Waals surface area contributed by atoms with Gasteiger partial charge in [-0.3, -0.25) is 4.79 Å². The fourth-order valence-electron chi connectivity index (χ4n) is 3.93. The highest BCUT2D eigenvalue weighted by atomic mass is 35.5. The maximum absolute atomic E-state index is 12.1. The first kappa shape index (κ1) is 20.7. The van der Waals surface area contributed by atoms with Crippen LogP contribution in [0.4, 0.5) is 5.82 Å². The molecule has 1 aromatic heterocycles. The van der Waals surface area contributed by atoms with Crippen LogP contribution in [0.3, 0.4) is 0 Å². The third-order valence-corrected chi connectivity index (χ3v) is 6.15. The standard InChI is InChI=1S/C22H21Cl2N3O3/c1-29-15-9-16(13-5-6-17(23)18(24)8-13)20-19(10-15)25-12-26-21(20)27-7-3-4-14(11-27)22(28)30-2/h5-6,8-10,12,14H,3-4,7,11H2,1-2H3. The molecule has 0 N–H and O–H groups in total. The van der Waals surface area contributed by atoms with Crippen LogP contribution in [0.2, 0.25) is 10.0 Å². The third kappa shape index (κ3) is 3.89. The molecule has 1 unspecified atom stereocenters. The summed E-state index contributed by atoms with van der Waals surface area (Å²) >= 11 is 12.4. The molecular weight excluding hydrogens is 425 g/mol. The average Bonchev–Trinajstić information content (AvgIpc) is 2.79. The zero-order chi connectivity index (χ0) is 21.3. The van der Waals surface area contributed by atoms with Gasteiger partial charge in [0.15, 0.2) is 0 Å². The van der Waals surface area contributed by atoms with Crippen LogP contribution in [-0.2, 0) is 9.53 Å². The minimum absolute atomic E-state index is 0.180. The fraction of sp³-hybridized carbons (Fsp3) is 0.318. The second kappa shape index (κ2) is 8.66. The number of rotatable bonds is 4. The van der Waals surface area contributed by atoms with Crippen LogP contribution in [0.25, 0.3) is 22.0 Å².